The summed E-state index contributed by atoms with van der Waals surface area (Å²) in [6.45, 7) is 10.8. The van der Waals surface area contributed by atoms with E-state index < -0.39 is 0 Å². The predicted octanol–water partition coefficient (Wildman–Crippen LogP) is 0.885. The maximum atomic E-state index is 12.1. The number of carbonyl (C=O) groups is 1. The number of nitrogens with one attached hydrogen (secondary N) is 1. The van der Waals surface area contributed by atoms with E-state index in [1.807, 2.05) is 11.8 Å². The summed E-state index contributed by atoms with van der Waals surface area (Å²) in [4.78, 5) is 16.3. The quantitative estimate of drug-likeness (QED) is 0.757. The monoisotopic (exact) mass is 227 g/mol. The molecule has 0 aromatic carbocycles. The summed E-state index contributed by atoms with van der Waals surface area (Å²) < 4.78 is 0. The lowest BCUT2D eigenvalue weighted by molar-refractivity contribution is -0.132. The normalized spacial score (nSPS) is 26.2. The predicted molar refractivity (Wildman–Crippen MR) is 66.2 cm³/mol. The first kappa shape index (κ1) is 13.5. The first-order chi connectivity index (χ1) is 7.40. The molecule has 1 aliphatic rings. The average Bonchev–Trinajstić information content (AvgIpc) is 2.54. The van der Waals surface area contributed by atoms with Crippen molar-refractivity contribution in [1.29, 1.82) is 0 Å². The molecule has 1 rings (SSSR count). The van der Waals surface area contributed by atoms with Crippen molar-refractivity contribution in [1.82, 2.24) is 15.1 Å². The summed E-state index contributed by atoms with van der Waals surface area (Å²) in [6, 6.07) is 0.531. The van der Waals surface area contributed by atoms with Gasteiger partial charge in [0.2, 0.25) is 5.91 Å². The minimum Gasteiger partial charge on any atom is -0.327 e. The summed E-state index contributed by atoms with van der Waals surface area (Å²) in [7, 11) is 2.09. The zero-order chi connectivity index (χ0) is 12.3. The van der Waals surface area contributed by atoms with Gasteiger partial charge in [0.25, 0.3) is 0 Å². The second kappa shape index (κ2) is 5.15. The van der Waals surface area contributed by atoms with E-state index in [2.05, 4.69) is 38.0 Å². The van der Waals surface area contributed by atoms with Gasteiger partial charge >= 0.3 is 0 Å². The smallest absolute Gasteiger partial charge is 0.243 e. The molecule has 1 aliphatic heterocycles. The lowest BCUT2D eigenvalue weighted by Gasteiger charge is -2.25. The molecule has 0 aliphatic carbocycles. The van der Waals surface area contributed by atoms with Gasteiger partial charge in [-0.2, -0.15) is 0 Å². The third kappa shape index (κ3) is 2.74. The Morgan fingerprint density at radius 2 is 2.19 bits per heavy atom. The van der Waals surface area contributed by atoms with Crippen molar-refractivity contribution in [2.75, 3.05) is 26.8 Å². The van der Waals surface area contributed by atoms with Gasteiger partial charge in [0.15, 0.2) is 0 Å². The number of carbonyl (C=O) groups excluding carboxylic acids is 1. The van der Waals surface area contributed by atoms with Crippen LogP contribution >= 0.6 is 0 Å². The van der Waals surface area contributed by atoms with Crippen LogP contribution in [-0.4, -0.2) is 54.1 Å². The Balaban J connectivity index is 2.44. The second-order valence-electron chi connectivity index (χ2n) is 5.16. The van der Waals surface area contributed by atoms with Crippen LogP contribution in [0.3, 0.4) is 0 Å². The van der Waals surface area contributed by atoms with E-state index in [4.69, 9.17) is 0 Å². The van der Waals surface area contributed by atoms with E-state index in [-0.39, 0.29) is 11.4 Å². The van der Waals surface area contributed by atoms with E-state index in [0.29, 0.717) is 12.7 Å². The van der Waals surface area contributed by atoms with Crippen LogP contribution in [0.1, 0.15) is 34.1 Å². The Kier molecular flexibility index (Phi) is 4.33. The highest BCUT2D eigenvalue weighted by molar-refractivity contribution is 5.87. The van der Waals surface area contributed by atoms with Crippen molar-refractivity contribution in [3.63, 3.8) is 0 Å². The summed E-state index contributed by atoms with van der Waals surface area (Å²) in [6.07, 6.45) is 0.850. The van der Waals surface area contributed by atoms with Crippen LogP contribution in [0.25, 0.3) is 0 Å². The third-order valence-electron chi connectivity index (χ3n) is 3.73. The molecule has 4 nitrogen and oxygen atoms in total. The fourth-order valence-electron chi connectivity index (χ4n) is 1.76. The Morgan fingerprint density at radius 3 is 2.62 bits per heavy atom. The maximum absolute atomic E-state index is 12.1. The maximum Gasteiger partial charge on any atom is 0.243 e. The molecular formula is C12H25N3O. The molecule has 0 radical (unpaired) electrons. The first-order valence-electron chi connectivity index (χ1n) is 6.15. The van der Waals surface area contributed by atoms with E-state index in [1.54, 1.807) is 0 Å². The van der Waals surface area contributed by atoms with E-state index in [9.17, 15) is 4.79 Å². The largest absolute Gasteiger partial charge is 0.327 e. The lowest BCUT2D eigenvalue weighted by Crippen LogP contribution is -2.44. The van der Waals surface area contributed by atoms with Gasteiger partial charge in [-0.3, -0.25) is 10.1 Å². The van der Waals surface area contributed by atoms with Crippen molar-refractivity contribution < 1.29 is 4.79 Å². The fourth-order valence-corrected chi connectivity index (χ4v) is 1.76. The van der Waals surface area contributed by atoms with Crippen molar-refractivity contribution >= 4 is 5.91 Å². The van der Waals surface area contributed by atoms with Crippen LogP contribution in [-0.2, 0) is 4.79 Å². The molecule has 0 bridgehead atoms. The Bertz CT molecular complexity index is 255. The minimum absolute atomic E-state index is 0.243. The zero-order valence-electron chi connectivity index (χ0n) is 11.2. The standard InChI is InChI=1S/C12H25N3O/c1-6-12(4)11(16)15(9-13-12)8-7-14(5)10(2)3/h10,13H,6-9H2,1-5H3. The summed E-state index contributed by atoms with van der Waals surface area (Å²) in [5, 5.41) is 3.29. The van der Waals surface area contributed by atoms with Gasteiger partial charge < -0.3 is 9.80 Å². The van der Waals surface area contributed by atoms with Gasteiger partial charge in [-0.1, -0.05) is 6.92 Å². The van der Waals surface area contributed by atoms with Gasteiger partial charge in [-0.05, 0) is 34.2 Å². The van der Waals surface area contributed by atoms with E-state index in [1.165, 1.54) is 0 Å². The number of rotatable bonds is 5. The van der Waals surface area contributed by atoms with Crippen LogP contribution in [0.2, 0.25) is 0 Å². The number of likely N-dealkylation sites (N-methyl/N-ethyl adjacent to an activating group) is 1. The molecule has 1 fully saturated rings. The highest BCUT2D eigenvalue weighted by atomic mass is 16.2. The van der Waals surface area contributed by atoms with Gasteiger partial charge in [-0.25, -0.2) is 0 Å². The Hall–Kier alpha value is -0.610. The average molecular weight is 227 g/mol. The van der Waals surface area contributed by atoms with E-state index >= 15 is 0 Å². The molecule has 0 saturated carbocycles. The minimum atomic E-state index is -0.337. The van der Waals surface area contributed by atoms with Crippen molar-refractivity contribution in [3.05, 3.63) is 0 Å². The van der Waals surface area contributed by atoms with Gasteiger partial charge in [0.05, 0.1) is 12.2 Å². The van der Waals surface area contributed by atoms with Crippen LogP contribution in [0, 0.1) is 0 Å². The summed E-state index contributed by atoms with van der Waals surface area (Å²) in [5.41, 5.74) is -0.337. The van der Waals surface area contributed by atoms with Crippen LogP contribution < -0.4 is 5.32 Å². The topological polar surface area (TPSA) is 35.6 Å². The molecular weight excluding hydrogens is 202 g/mol. The molecule has 1 N–H and O–H groups in total. The number of hydrogen-bond acceptors (Lipinski definition) is 3. The van der Waals surface area contributed by atoms with Gasteiger partial charge in [0.1, 0.15) is 0 Å². The summed E-state index contributed by atoms with van der Waals surface area (Å²) in [5.74, 6) is 0.243. The molecule has 1 saturated heterocycles. The first-order valence-corrected chi connectivity index (χ1v) is 6.15. The molecule has 0 aromatic rings. The number of hydrogen-bond donors (Lipinski definition) is 1. The molecule has 1 atom stereocenters. The SMILES string of the molecule is CCC1(C)NCN(CCN(C)C(C)C)C1=O. The molecule has 1 heterocycles. The van der Waals surface area contributed by atoms with Crippen LogP contribution in [0.4, 0.5) is 0 Å². The Labute approximate surface area is 99.0 Å². The molecule has 1 amide bonds. The molecule has 16 heavy (non-hydrogen) atoms. The second-order valence-corrected chi connectivity index (χ2v) is 5.16. The number of amides is 1. The summed E-state index contributed by atoms with van der Waals surface area (Å²) >= 11 is 0. The highest BCUT2D eigenvalue weighted by Gasteiger charge is 2.40. The van der Waals surface area contributed by atoms with Gasteiger partial charge in [0, 0.05) is 19.1 Å². The Morgan fingerprint density at radius 1 is 1.56 bits per heavy atom. The molecule has 94 valence electrons. The number of nitrogens with zero attached hydrogens (tertiary/aromatic N) is 2. The van der Waals surface area contributed by atoms with Crippen molar-refractivity contribution in [2.45, 2.75) is 45.7 Å². The van der Waals surface area contributed by atoms with Crippen molar-refractivity contribution in [3.8, 4) is 0 Å². The van der Waals surface area contributed by atoms with Crippen molar-refractivity contribution in [2.24, 2.45) is 0 Å². The zero-order valence-corrected chi connectivity index (χ0v) is 11.2. The molecule has 0 spiro atoms. The molecule has 4 heteroatoms. The third-order valence-corrected chi connectivity index (χ3v) is 3.73. The van der Waals surface area contributed by atoms with Gasteiger partial charge in [-0.15, -0.1) is 0 Å². The molecule has 0 aromatic heterocycles. The fraction of sp³-hybridized carbons (Fsp3) is 0.917. The van der Waals surface area contributed by atoms with Crippen LogP contribution in [0.15, 0.2) is 0 Å². The van der Waals surface area contributed by atoms with Crippen LogP contribution in [0.5, 0.6) is 0 Å². The lowest BCUT2D eigenvalue weighted by atomic mass is 9.99. The highest BCUT2D eigenvalue weighted by Crippen LogP contribution is 2.18. The molecule has 1 unspecified atom stereocenters. The van der Waals surface area contributed by atoms with E-state index in [0.717, 1.165) is 19.5 Å².